The van der Waals surface area contributed by atoms with Crippen molar-refractivity contribution in [2.24, 2.45) is 0 Å². The van der Waals surface area contributed by atoms with E-state index in [0.29, 0.717) is 0 Å². The van der Waals surface area contributed by atoms with E-state index in [2.05, 4.69) is 24.1 Å². The van der Waals surface area contributed by atoms with Crippen LogP contribution in [0.1, 0.15) is 31.9 Å². The van der Waals surface area contributed by atoms with Gasteiger partial charge in [-0.25, -0.2) is 0 Å². The number of hydrogen-bond donors (Lipinski definition) is 1. The van der Waals surface area contributed by atoms with Gasteiger partial charge in [-0.2, -0.15) is 0 Å². The standard InChI is InChI=1S/C15H23Cl3N2.ClH/c1-3-20(4-2)12-8-11-19-14(15(16,17)18)13-9-6-5-7-10-13;/h5-7,9-10,14,19H,3-4,8,11-12H2,1-2H3;1H. The molecule has 0 aliphatic rings. The third-order valence-electron chi connectivity index (χ3n) is 3.35. The maximum absolute atomic E-state index is 6.09. The monoisotopic (exact) mass is 372 g/mol. The maximum atomic E-state index is 6.09. The molecule has 1 aromatic rings. The van der Waals surface area contributed by atoms with Crippen molar-refractivity contribution in [1.82, 2.24) is 10.2 Å². The molecule has 0 saturated heterocycles. The van der Waals surface area contributed by atoms with Gasteiger partial charge in [0.1, 0.15) is 0 Å². The third-order valence-corrected chi connectivity index (χ3v) is 4.01. The SMILES string of the molecule is CCN(CC)CCCNC(c1ccccc1)C(Cl)(Cl)Cl.Cl. The zero-order valence-electron chi connectivity index (χ0n) is 12.5. The first-order valence-corrected chi connectivity index (χ1v) is 8.19. The van der Waals surface area contributed by atoms with E-state index in [4.69, 9.17) is 34.8 Å². The van der Waals surface area contributed by atoms with E-state index in [1.54, 1.807) is 0 Å². The summed E-state index contributed by atoms with van der Waals surface area (Å²) < 4.78 is -1.35. The van der Waals surface area contributed by atoms with Crippen LogP contribution < -0.4 is 5.32 Å². The predicted molar refractivity (Wildman–Crippen MR) is 97.1 cm³/mol. The van der Waals surface area contributed by atoms with E-state index >= 15 is 0 Å². The van der Waals surface area contributed by atoms with Gasteiger partial charge in [-0.1, -0.05) is 79.0 Å². The second-order valence-electron chi connectivity index (χ2n) is 4.72. The second kappa shape index (κ2) is 10.9. The highest BCUT2D eigenvalue weighted by Gasteiger charge is 2.33. The van der Waals surface area contributed by atoms with Crippen molar-refractivity contribution in [3.63, 3.8) is 0 Å². The van der Waals surface area contributed by atoms with Crippen LogP contribution in [0.15, 0.2) is 30.3 Å². The van der Waals surface area contributed by atoms with E-state index in [0.717, 1.165) is 38.2 Å². The van der Waals surface area contributed by atoms with Crippen molar-refractivity contribution in [3.8, 4) is 0 Å². The summed E-state index contributed by atoms with van der Waals surface area (Å²) >= 11 is 18.3. The van der Waals surface area contributed by atoms with Crippen LogP contribution in [0.25, 0.3) is 0 Å². The molecule has 2 nitrogen and oxygen atoms in total. The Morgan fingerprint density at radius 1 is 1.10 bits per heavy atom. The summed E-state index contributed by atoms with van der Waals surface area (Å²) in [5.41, 5.74) is 0.996. The Morgan fingerprint density at radius 3 is 2.14 bits per heavy atom. The minimum atomic E-state index is -1.35. The van der Waals surface area contributed by atoms with Crippen molar-refractivity contribution in [1.29, 1.82) is 0 Å². The number of benzene rings is 1. The fraction of sp³-hybridized carbons (Fsp3) is 0.600. The van der Waals surface area contributed by atoms with Gasteiger partial charge in [-0.05, 0) is 38.2 Å². The van der Waals surface area contributed by atoms with E-state index in [1.807, 2.05) is 30.3 Å². The largest absolute Gasteiger partial charge is 0.306 e. The van der Waals surface area contributed by atoms with Crippen LogP contribution in [0.5, 0.6) is 0 Å². The smallest absolute Gasteiger partial charge is 0.209 e. The number of alkyl halides is 3. The lowest BCUT2D eigenvalue weighted by Crippen LogP contribution is -2.34. The van der Waals surface area contributed by atoms with Gasteiger partial charge in [0, 0.05) is 0 Å². The molecule has 122 valence electrons. The summed E-state index contributed by atoms with van der Waals surface area (Å²) in [6.07, 6.45) is 1.03. The fourth-order valence-electron chi connectivity index (χ4n) is 2.16. The molecule has 0 spiro atoms. The lowest BCUT2D eigenvalue weighted by molar-refractivity contribution is 0.295. The van der Waals surface area contributed by atoms with Gasteiger partial charge >= 0.3 is 0 Å². The summed E-state index contributed by atoms with van der Waals surface area (Å²) in [6, 6.07) is 9.53. The molecular formula is C15H24Cl4N2. The molecule has 0 bridgehead atoms. The van der Waals surface area contributed by atoms with Crippen LogP contribution in [-0.4, -0.2) is 34.9 Å². The first-order valence-electron chi connectivity index (χ1n) is 7.06. The first kappa shape index (κ1) is 21.3. The molecule has 1 atom stereocenters. The van der Waals surface area contributed by atoms with Crippen LogP contribution >= 0.6 is 47.2 Å². The Bertz CT molecular complexity index is 364. The minimum absolute atomic E-state index is 0. The topological polar surface area (TPSA) is 15.3 Å². The zero-order valence-corrected chi connectivity index (χ0v) is 15.6. The molecule has 1 unspecified atom stereocenters. The number of nitrogens with zero attached hydrogens (tertiary/aromatic N) is 1. The van der Waals surface area contributed by atoms with Gasteiger partial charge in [-0.3, -0.25) is 0 Å². The highest BCUT2D eigenvalue weighted by Crippen LogP contribution is 2.39. The molecular weight excluding hydrogens is 350 g/mol. The minimum Gasteiger partial charge on any atom is -0.306 e. The highest BCUT2D eigenvalue weighted by molar-refractivity contribution is 6.68. The van der Waals surface area contributed by atoms with Crippen molar-refractivity contribution >= 4 is 47.2 Å². The Hall–Kier alpha value is 0.300. The summed E-state index contributed by atoms with van der Waals surface area (Å²) in [6.45, 7) is 8.37. The molecule has 0 aliphatic heterocycles. The number of hydrogen-bond acceptors (Lipinski definition) is 2. The lowest BCUT2D eigenvalue weighted by Gasteiger charge is -2.26. The Balaban J connectivity index is 0.00000400. The van der Waals surface area contributed by atoms with E-state index in [1.165, 1.54) is 0 Å². The molecule has 0 amide bonds. The van der Waals surface area contributed by atoms with Gasteiger partial charge in [0.2, 0.25) is 3.79 Å². The third kappa shape index (κ3) is 7.92. The Kier molecular flexibility index (Phi) is 11.1. The van der Waals surface area contributed by atoms with Crippen LogP contribution in [0.2, 0.25) is 0 Å². The fourth-order valence-corrected chi connectivity index (χ4v) is 2.77. The van der Waals surface area contributed by atoms with Gasteiger partial charge in [0.05, 0.1) is 6.04 Å². The number of rotatable bonds is 8. The summed E-state index contributed by atoms with van der Waals surface area (Å²) in [5.74, 6) is 0. The van der Waals surface area contributed by atoms with Crippen molar-refractivity contribution in [2.45, 2.75) is 30.1 Å². The molecule has 1 rings (SSSR count). The normalized spacial score (nSPS) is 13.0. The molecule has 21 heavy (non-hydrogen) atoms. The van der Waals surface area contributed by atoms with E-state index in [9.17, 15) is 0 Å². The van der Waals surface area contributed by atoms with Crippen LogP contribution in [0.4, 0.5) is 0 Å². The molecule has 0 fully saturated rings. The molecule has 0 aromatic heterocycles. The van der Waals surface area contributed by atoms with E-state index < -0.39 is 3.79 Å². The molecule has 1 aromatic carbocycles. The van der Waals surface area contributed by atoms with E-state index in [-0.39, 0.29) is 18.4 Å². The van der Waals surface area contributed by atoms with Gasteiger partial charge in [0.25, 0.3) is 0 Å². The zero-order chi connectivity index (χ0) is 15.0. The summed E-state index contributed by atoms with van der Waals surface area (Å²) in [4.78, 5) is 2.38. The summed E-state index contributed by atoms with van der Waals surface area (Å²) in [7, 11) is 0. The summed E-state index contributed by atoms with van der Waals surface area (Å²) in [5, 5.41) is 3.36. The van der Waals surface area contributed by atoms with Gasteiger partial charge in [-0.15, -0.1) is 12.4 Å². The first-order chi connectivity index (χ1) is 9.49. The molecule has 1 N–H and O–H groups in total. The highest BCUT2D eigenvalue weighted by atomic mass is 35.6. The molecule has 6 heteroatoms. The van der Waals surface area contributed by atoms with Crippen LogP contribution in [-0.2, 0) is 0 Å². The van der Waals surface area contributed by atoms with Crippen molar-refractivity contribution in [2.75, 3.05) is 26.2 Å². The lowest BCUT2D eigenvalue weighted by atomic mass is 10.1. The second-order valence-corrected chi connectivity index (χ2v) is 7.09. The van der Waals surface area contributed by atoms with Gasteiger partial charge < -0.3 is 10.2 Å². The van der Waals surface area contributed by atoms with Crippen molar-refractivity contribution in [3.05, 3.63) is 35.9 Å². The quantitative estimate of drug-likeness (QED) is 0.518. The molecule has 0 saturated carbocycles. The average molecular weight is 374 g/mol. The molecule has 0 radical (unpaired) electrons. The van der Waals surface area contributed by atoms with Crippen LogP contribution in [0, 0.1) is 0 Å². The Morgan fingerprint density at radius 2 is 1.67 bits per heavy atom. The van der Waals surface area contributed by atoms with Crippen molar-refractivity contribution < 1.29 is 0 Å². The van der Waals surface area contributed by atoms with Crippen LogP contribution in [0.3, 0.4) is 0 Å². The van der Waals surface area contributed by atoms with Gasteiger partial charge in [0.15, 0.2) is 0 Å². The molecule has 0 aliphatic carbocycles. The maximum Gasteiger partial charge on any atom is 0.209 e. The Labute approximate surface area is 149 Å². The number of nitrogens with one attached hydrogen (secondary N) is 1. The predicted octanol–water partition coefficient (Wildman–Crippen LogP) is 4.84. The average Bonchev–Trinajstić information content (AvgIpc) is 2.42. The number of halogens is 4. The molecule has 0 heterocycles.